The smallest absolute Gasteiger partial charge is 0.327 e. The van der Waals surface area contributed by atoms with Crippen molar-refractivity contribution in [3.8, 4) is 0 Å². The van der Waals surface area contributed by atoms with Gasteiger partial charge in [0, 0.05) is 6.61 Å². The highest BCUT2D eigenvalue weighted by Gasteiger charge is 2.31. The standard InChI is InChI=1S/C9H17NO4/c1-9(10,8(11)12-2)6-14-7-3-4-13-5-7/h7H,3-6,10H2,1-2H3. The second-order valence-electron chi connectivity index (χ2n) is 3.71. The topological polar surface area (TPSA) is 70.8 Å². The summed E-state index contributed by atoms with van der Waals surface area (Å²) in [6.45, 7) is 3.05. The van der Waals surface area contributed by atoms with Crippen LogP contribution in [0.15, 0.2) is 0 Å². The molecular formula is C9H17NO4. The van der Waals surface area contributed by atoms with Gasteiger partial charge in [0.15, 0.2) is 0 Å². The minimum atomic E-state index is -1.07. The highest BCUT2D eigenvalue weighted by atomic mass is 16.6. The summed E-state index contributed by atoms with van der Waals surface area (Å²) in [5, 5.41) is 0. The van der Waals surface area contributed by atoms with Gasteiger partial charge in [0.1, 0.15) is 5.54 Å². The van der Waals surface area contributed by atoms with Crippen LogP contribution in [0, 0.1) is 0 Å². The third-order valence-corrected chi connectivity index (χ3v) is 2.16. The van der Waals surface area contributed by atoms with Gasteiger partial charge in [-0.05, 0) is 13.3 Å². The van der Waals surface area contributed by atoms with E-state index in [1.54, 1.807) is 6.92 Å². The van der Waals surface area contributed by atoms with Crippen molar-refractivity contribution in [2.24, 2.45) is 5.73 Å². The van der Waals surface area contributed by atoms with E-state index in [1.807, 2.05) is 0 Å². The Morgan fingerprint density at radius 2 is 2.43 bits per heavy atom. The Morgan fingerprint density at radius 3 is 2.93 bits per heavy atom. The fraction of sp³-hybridized carbons (Fsp3) is 0.889. The van der Waals surface area contributed by atoms with Gasteiger partial charge in [-0.2, -0.15) is 0 Å². The molecule has 14 heavy (non-hydrogen) atoms. The molecule has 2 atom stereocenters. The van der Waals surface area contributed by atoms with E-state index >= 15 is 0 Å². The van der Waals surface area contributed by atoms with Crippen LogP contribution in [0.1, 0.15) is 13.3 Å². The molecule has 1 rings (SSSR count). The molecule has 1 fully saturated rings. The Morgan fingerprint density at radius 1 is 1.71 bits per heavy atom. The Bertz CT molecular complexity index is 199. The number of rotatable bonds is 4. The molecule has 0 spiro atoms. The summed E-state index contributed by atoms with van der Waals surface area (Å²) in [5.74, 6) is -0.462. The summed E-state index contributed by atoms with van der Waals surface area (Å²) in [7, 11) is 1.31. The first-order valence-corrected chi connectivity index (χ1v) is 4.63. The second-order valence-corrected chi connectivity index (χ2v) is 3.71. The molecule has 5 heteroatoms. The monoisotopic (exact) mass is 203 g/mol. The first-order valence-electron chi connectivity index (χ1n) is 4.63. The maximum absolute atomic E-state index is 11.2. The minimum Gasteiger partial charge on any atom is -0.468 e. The molecule has 82 valence electrons. The summed E-state index contributed by atoms with van der Waals surface area (Å²) in [6.07, 6.45) is 0.916. The number of hydrogen-bond acceptors (Lipinski definition) is 5. The van der Waals surface area contributed by atoms with Crippen LogP contribution in [0.2, 0.25) is 0 Å². The number of ether oxygens (including phenoxy) is 3. The first kappa shape index (κ1) is 11.4. The number of carbonyl (C=O) groups excluding carboxylic acids is 1. The summed E-state index contributed by atoms with van der Waals surface area (Å²) in [4.78, 5) is 11.2. The van der Waals surface area contributed by atoms with Crippen LogP contribution in [0.3, 0.4) is 0 Å². The van der Waals surface area contributed by atoms with Crippen LogP contribution in [0.4, 0.5) is 0 Å². The van der Waals surface area contributed by atoms with Gasteiger partial charge in [-0.1, -0.05) is 0 Å². The summed E-state index contributed by atoms with van der Waals surface area (Å²) >= 11 is 0. The van der Waals surface area contributed by atoms with E-state index in [2.05, 4.69) is 4.74 Å². The van der Waals surface area contributed by atoms with Crippen LogP contribution >= 0.6 is 0 Å². The van der Waals surface area contributed by atoms with Crippen LogP contribution in [-0.2, 0) is 19.0 Å². The van der Waals surface area contributed by atoms with E-state index in [4.69, 9.17) is 15.2 Å². The molecule has 1 saturated heterocycles. The third-order valence-electron chi connectivity index (χ3n) is 2.16. The zero-order valence-corrected chi connectivity index (χ0v) is 8.62. The molecule has 1 aliphatic rings. The van der Waals surface area contributed by atoms with Crippen molar-refractivity contribution in [3.63, 3.8) is 0 Å². The molecule has 0 aliphatic carbocycles. The highest BCUT2D eigenvalue weighted by Crippen LogP contribution is 2.11. The average molecular weight is 203 g/mol. The molecule has 0 amide bonds. The SMILES string of the molecule is COC(=O)C(C)(N)COC1CCOC1. The lowest BCUT2D eigenvalue weighted by Crippen LogP contribution is -2.50. The Balaban J connectivity index is 2.31. The maximum Gasteiger partial charge on any atom is 0.327 e. The molecule has 0 aromatic heterocycles. The fourth-order valence-electron chi connectivity index (χ4n) is 1.23. The molecule has 5 nitrogen and oxygen atoms in total. The van der Waals surface area contributed by atoms with Gasteiger partial charge in [0.05, 0.1) is 26.4 Å². The fourth-order valence-corrected chi connectivity index (χ4v) is 1.23. The maximum atomic E-state index is 11.2. The van der Waals surface area contributed by atoms with Crippen molar-refractivity contribution in [1.82, 2.24) is 0 Å². The number of nitrogens with two attached hydrogens (primary N) is 1. The van der Waals surface area contributed by atoms with Crippen molar-refractivity contribution >= 4 is 5.97 Å². The Kier molecular flexibility index (Phi) is 3.86. The number of hydrogen-bond donors (Lipinski definition) is 1. The predicted octanol–water partition coefficient (Wildman–Crippen LogP) is -0.318. The van der Waals surface area contributed by atoms with Crippen LogP contribution in [-0.4, -0.2) is 44.5 Å². The largest absolute Gasteiger partial charge is 0.468 e. The van der Waals surface area contributed by atoms with Crippen LogP contribution in [0.5, 0.6) is 0 Å². The predicted molar refractivity (Wildman–Crippen MR) is 49.8 cm³/mol. The van der Waals surface area contributed by atoms with Gasteiger partial charge in [-0.25, -0.2) is 4.79 Å². The van der Waals surface area contributed by atoms with Gasteiger partial charge in [0.2, 0.25) is 0 Å². The molecule has 1 aliphatic heterocycles. The van der Waals surface area contributed by atoms with Crippen LogP contribution < -0.4 is 5.73 Å². The lowest BCUT2D eigenvalue weighted by atomic mass is 10.1. The normalized spacial score (nSPS) is 25.8. The van der Waals surface area contributed by atoms with Gasteiger partial charge in [0.25, 0.3) is 0 Å². The van der Waals surface area contributed by atoms with Crippen LogP contribution in [0.25, 0.3) is 0 Å². The Hall–Kier alpha value is -0.650. The van der Waals surface area contributed by atoms with E-state index in [-0.39, 0.29) is 12.7 Å². The zero-order chi connectivity index (χ0) is 10.6. The van der Waals surface area contributed by atoms with Crippen molar-refractivity contribution in [1.29, 1.82) is 0 Å². The first-order chi connectivity index (χ1) is 6.56. The molecular weight excluding hydrogens is 186 g/mol. The van der Waals surface area contributed by atoms with E-state index < -0.39 is 11.5 Å². The molecule has 1 heterocycles. The molecule has 2 N–H and O–H groups in total. The van der Waals surface area contributed by atoms with Gasteiger partial charge >= 0.3 is 5.97 Å². The number of methoxy groups -OCH3 is 1. The van der Waals surface area contributed by atoms with Gasteiger partial charge < -0.3 is 19.9 Å². The molecule has 0 aromatic rings. The zero-order valence-electron chi connectivity index (χ0n) is 8.62. The molecule has 0 saturated carbocycles. The minimum absolute atomic E-state index is 0.0579. The van der Waals surface area contributed by atoms with Gasteiger partial charge in [-0.3, -0.25) is 0 Å². The van der Waals surface area contributed by atoms with E-state index in [9.17, 15) is 4.79 Å². The molecule has 0 bridgehead atoms. The third kappa shape index (κ3) is 2.94. The van der Waals surface area contributed by atoms with Crippen molar-refractivity contribution < 1.29 is 19.0 Å². The van der Waals surface area contributed by atoms with Crippen molar-refractivity contribution in [2.45, 2.75) is 25.0 Å². The van der Waals surface area contributed by atoms with E-state index in [0.717, 1.165) is 6.42 Å². The molecule has 0 aromatic carbocycles. The second kappa shape index (κ2) is 4.72. The quantitative estimate of drug-likeness (QED) is 0.634. The van der Waals surface area contributed by atoms with Crippen molar-refractivity contribution in [3.05, 3.63) is 0 Å². The molecule has 2 unspecified atom stereocenters. The Labute approximate surface area is 83.5 Å². The number of carbonyl (C=O) groups is 1. The van der Waals surface area contributed by atoms with Gasteiger partial charge in [-0.15, -0.1) is 0 Å². The van der Waals surface area contributed by atoms with E-state index in [0.29, 0.717) is 13.2 Å². The molecule has 0 radical (unpaired) electrons. The lowest BCUT2D eigenvalue weighted by Gasteiger charge is -2.22. The summed E-state index contributed by atoms with van der Waals surface area (Å²) in [5.41, 5.74) is 4.64. The summed E-state index contributed by atoms with van der Waals surface area (Å²) in [6, 6.07) is 0. The lowest BCUT2D eigenvalue weighted by molar-refractivity contribution is -0.149. The average Bonchev–Trinajstić information content (AvgIpc) is 2.66. The summed E-state index contributed by atoms with van der Waals surface area (Å²) < 4.78 is 15.1. The van der Waals surface area contributed by atoms with E-state index in [1.165, 1.54) is 7.11 Å². The van der Waals surface area contributed by atoms with Crippen molar-refractivity contribution in [2.75, 3.05) is 26.9 Å². The highest BCUT2D eigenvalue weighted by molar-refractivity contribution is 5.80. The number of esters is 1.